The molecule has 0 spiro atoms. The predicted molar refractivity (Wildman–Crippen MR) is 103 cm³/mol. The minimum Gasteiger partial charge on any atom is -0.398 e. The maximum atomic E-state index is 13.0. The number of benzene rings is 1. The summed E-state index contributed by atoms with van der Waals surface area (Å²) >= 11 is 0. The first kappa shape index (κ1) is 24.0. The number of aliphatic hydroxyl groups is 3. The van der Waals surface area contributed by atoms with Gasteiger partial charge in [0.25, 0.3) is 0 Å². The lowest BCUT2D eigenvalue weighted by Crippen LogP contribution is -2.47. The van der Waals surface area contributed by atoms with Gasteiger partial charge in [0.2, 0.25) is 0 Å². The highest BCUT2D eigenvalue weighted by atomic mass is 19.1. The number of fused-ring (bicyclic) bond motifs is 1. The fraction of sp³-hybridized carbons (Fsp3) is 0.412. The van der Waals surface area contributed by atoms with Gasteiger partial charge in [0.15, 0.2) is 17.5 Å². The first-order chi connectivity index (χ1) is 15.2. The highest BCUT2D eigenvalue weighted by molar-refractivity contribution is 6.31. The lowest BCUT2D eigenvalue weighted by Gasteiger charge is -2.24. The smallest absolute Gasteiger partial charge is 0.398 e. The summed E-state index contributed by atoms with van der Waals surface area (Å²) in [6.07, 6.45) is -2.94. The highest BCUT2D eigenvalue weighted by Crippen LogP contribution is 2.27. The molecule has 0 saturated carbocycles. The Kier molecular flexibility index (Phi) is 7.73. The number of hydrogen-bond donors (Lipinski definition) is 6. The number of nitrogens with two attached hydrogens (primary N) is 1. The minimum atomic E-state index is -2.67. The maximum absolute atomic E-state index is 13.0. The van der Waals surface area contributed by atoms with Gasteiger partial charge in [0.1, 0.15) is 42.8 Å². The van der Waals surface area contributed by atoms with Crippen LogP contribution in [0.15, 0.2) is 35.6 Å². The number of rotatable bonds is 5. The van der Waals surface area contributed by atoms with E-state index in [0.717, 1.165) is 5.56 Å². The van der Waals surface area contributed by atoms with Crippen LogP contribution in [0.1, 0.15) is 11.8 Å². The lowest BCUT2D eigenvalue weighted by molar-refractivity contribution is -0.124. The van der Waals surface area contributed by atoms with Gasteiger partial charge in [-0.05, 0) is 17.7 Å². The normalized spacial score (nSPS) is 24.5. The maximum Gasteiger partial charge on any atom is 0.674 e. The van der Waals surface area contributed by atoms with Crippen molar-refractivity contribution < 1.29 is 43.6 Å². The number of hydroxylamine groups is 2. The van der Waals surface area contributed by atoms with Gasteiger partial charge in [-0.3, -0.25) is 13.7 Å². The molecule has 2 aromatic rings. The second-order valence-electron chi connectivity index (χ2n) is 6.83. The summed E-state index contributed by atoms with van der Waals surface area (Å²) in [5, 5.41) is 45.0. The zero-order valence-electron chi connectivity index (χ0n) is 16.6. The van der Waals surface area contributed by atoms with Crippen molar-refractivity contribution in [2.45, 2.75) is 31.1 Å². The van der Waals surface area contributed by atoms with Gasteiger partial charge in [-0.25, -0.2) is 19.4 Å². The Bertz CT molecular complexity index is 1020. The van der Waals surface area contributed by atoms with Gasteiger partial charge in [-0.2, -0.15) is 0 Å². The molecule has 0 amide bonds. The molecule has 12 nitrogen and oxygen atoms in total. The highest BCUT2D eigenvalue weighted by Gasteiger charge is 2.43. The molecule has 2 aliphatic heterocycles. The number of ether oxygens (including phenoxy) is 1. The molecule has 32 heavy (non-hydrogen) atoms. The van der Waals surface area contributed by atoms with Gasteiger partial charge in [0, 0.05) is 0 Å². The Hall–Kier alpha value is -2.66. The van der Waals surface area contributed by atoms with Crippen LogP contribution in [0.25, 0.3) is 5.82 Å². The number of hydrogen-bond acceptors (Lipinski definition) is 11. The van der Waals surface area contributed by atoms with Gasteiger partial charge >= 0.3 is 7.40 Å². The van der Waals surface area contributed by atoms with E-state index >= 15 is 0 Å². The van der Waals surface area contributed by atoms with Gasteiger partial charge in [-0.1, -0.05) is 12.1 Å². The average Bonchev–Trinajstić information content (AvgIpc) is 3.30. The van der Waals surface area contributed by atoms with Crippen LogP contribution in [0.2, 0.25) is 0 Å². The summed E-state index contributed by atoms with van der Waals surface area (Å²) in [4.78, 5) is 14.2. The molecule has 0 unspecified atom stereocenters. The first-order valence-electron chi connectivity index (χ1n) is 9.37. The summed E-state index contributed by atoms with van der Waals surface area (Å²) in [6.45, 7) is -0.191. The molecule has 0 radical (unpaired) electrons. The van der Waals surface area contributed by atoms with Crippen LogP contribution in [0.4, 0.5) is 8.71 Å². The topological polar surface area (TPSA) is 179 Å². The lowest BCUT2D eigenvalue weighted by atomic mass is 10.1. The predicted octanol–water partition coefficient (Wildman–Crippen LogP) is -3.39. The number of nitrogens with zero attached hydrogens (tertiary/aromatic N) is 4. The van der Waals surface area contributed by atoms with E-state index in [1.807, 2.05) is 0 Å². The summed E-state index contributed by atoms with van der Waals surface area (Å²) in [5.41, 5.74) is 7.27. The van der Waals surface area contributed by atoms with Crippen LogP contribution < -0.4 is 16.6 Å². The molecular formula is C17H22BF2N5O7. The van der Waals surface area contributed by atoms with Crippen molar-refractivity contribution in [1.29, 1.82) is 0 Å². The van der Waals surface area contributed by atoms with Crippen LogP contribution in [-0.2, 0) is 16.2 Å². The zero-order valence-corrected chi connectivity index (χ0v) is 16.6. The van der Waals surface area contributed by atoms with E-state index in [-0.39, 0.29) is 24.9 Å². The molecule has 2 aliphatic rings. The van der Waals surface area contributed by atoms with Crippen molar-refractivity contribution in [2.75, 3.05) is 13.3 Å². The second-order valence-corrected chi connectivity index (χ2v) is 6.83. The molecule has 3 heterocycles. The summed E-state index contributed by atoms with van der Waals surface area (Å²) in [6, 6.07) is 5.89. The monoisotopic (exact) mass is 457 g/mol. The molecule has 1 aromatic carbocycles. The Labute approximate surface area is 180 Å². The third-order valence-electron chi connectivity index (χ3n) is 4.72. The van der Waals surface area contributed by atoms with E-state index in [1.54, 1.807) is 12.1 Å². The zero-order chi connectivity index (χ0) is 23.4. The van der Waals surface area contributed by atoms with E-state index in [2.05, 4.69) is 9.98 Å². The van der Waals surface area contributed by atoms with Crippen LogP contribution >= 0.6 is 0 Å². The standard InChI is InChI=1S/C17H20FN5O5.BFH2O2/c18-10-3-1-9(2-4-10)6-27-23-8-21-16-12(15(23)19)20-7-22(16)17-14(26)13(25)11(5-24)28-17;2-1(3)4/h1-4,7,11,13-14,17,24-26H,5-6,8,19H2;3-4H/t11-,13-,14-,17-;/m1./s1. The van der Waals surface area contributed by atoms with Gasteiger partial charge in [-0.15, -0.1) is 0 Å². The molecule has 1 aromatic heterocycles. The summed E-state index contributed by atoms with van der Waals surface area (Å²) < 4.78 is 30.1. The summed E-state index contributed by atoms with van der Waals surface area (Å²) in [7, 11) is -2.67. The second kappa shape index (κ2) is 10.3. The van der Waals surface area contributed by atoms with E-state index in [0.29, 0.717) is 10.8 Å². The number of aromatic nitrogens is 2. The molecule has 7 N–H and O–H groups in total. The quantitative estimate of drug-likeness (QED) is 0.248. The van der Waals surface area contributed by atoms with Crippen LogP contribution in [0, 0.1) is 5.82 Å². The van der Waals surface area contributed by atoms with Crippen molar-refractivity contribution in [3.8, 4) is 0 Å². The third-order valence-corrected chi connectivity index (χ3v) is 4.72. The minimum absolute atomic E-state index is 0.0700. The average molecular weight is 457 g/mol. The molecule has 1 saturated heterocycles. The van der Waals surface area contributed by atoms with Gasteiger partial charge in [0.05, 0.1) is 12.9 Å². The van der Waals surface area contributed by atoms with Crippen molar-refractivity contribution in [2.24, 2.45) is 10.7 Å². The molecule has 4 rings (SSSR count). The largest absolute Gasteiger partial charge is 0.674 e. The number of halogens is 2. The Morgan fingerprint density at radius 3 is 2.47 bits per heavy atom. The molecule has 0 bridgehead atoms. The molecule has 4 atom stereocenters. The number of imidazole rings is 1. The van der Waals surface area contributed by atoms with Crippen molar-refractivity contribution in [1.82, 2.24) is 14.6 Å². The third kappa shape index (κ3) is 5.21. The summed E-state index contributed by atoms with van der Waals surface area (Å²) in [5.74, 6) is -0.111. The fourth-order valence-electron chi connectivity index (χ4n) is 3.16. The van der Waals surface area contributed by atoms with Crippen LogP contribution in [-0.4, -0.2) is 79.0 Å². The first-order valence-corrected chi connectivity index (χ1v) is 9.37. The van der Waals surface area contributed by atoms with E-state index in [1.165, 1.54) is 28.1 Å². The molecule has 174 valence electrons. The fourth-order valence-corrected chi connectivity index (χ4v) is 3.16. The van der Waals surface area contributed by atoms with E-state index in [4.69, 9.17) is 25.4 Å². The molecular weight excluding hydrogens is 435 g/mol. The Balaban J connectivity index is 0.000000668. The van der Waals surface area contributed by atoms with Crippen molar-refractivity contribution in [3.05, 3.63) is 52.8 Å². The van der Waals surface area contributed by atoms with Crippen LogP contribution in [0.3, 0.4) is 0 Å². The van der Waals surface area contributed by atoms with E-state index in [9.17, 15) is 24.0 Å². The van der Waals surface area contributed by atoms with Crippen LogP contribution in [0.5, 0.6) is 0 Å². The number of aliphatic hydroxyl groups excluding tert-OH is 3. The molecule has 1 fully saturated rings. The van der Waals surface area contributed by atoms with Gasteiger partial charge < -0.3 is 35.8 Å². The molecule has 15 heteroatoms. The molecule has 0 aliphatic carbocycles. The Morgan fingerprint density at radius 1 is 1.22 bits per heavy atom. The van der Waals surface area contributed by atoms with E-state index < -0.39 is 38.5 Å². The van der Waals surface area contributed by atoms with Crippen molar-refractivity contribution >= 4 is 13.2 Å². The van der Waals surface area contributed by atoms with Crippen molar-refractivity contribution in [3.63, 3.8) is 0 Å². The SMILES string of the molecule is NC1=c2ncn([C@@H]3O[C@H](CO)[C@@H](O)[C@H]3O)c2=NCN1OCc1ccc(F)cc1.OB(O)F. The Morgan fingerprint density at radius 2 is 1.88 bits per heavy atom.